The van der Waals surface area contributed by atoms with E-state index >= 15 is 0 Å². The maximum atomic E-state index is 6.10. The van der Waals surface area contributed by atoms with Gasteiger partial charge in [0.2, 0.25) is 5.88 Å². The van der Waals surface area contributed by atoms with Crippen molar-refractivity contribution in [3.63, 3.8) is 0 Å². The van der Waals surface area contributed by atoms with Crippen molar-refractivity contribution in [3.8, 4) is 5.88 Å². The molecule has 0 aliphatic carbocycles. The summed E-state index contributed by atoms with van der Waals surface area (Å²) < 4.78 is 4.96. The summed E-state index contributed by atoms with van der Waals surface area (Å²) >= 11 is 1.68. The Labute approximate surface area is 110 Å². The Morgan fingerprint density at radius 2 is 2.11 bits per heavy atom. The van der Waals surface area contributed by atoms with Crippen LogP contribution < -0.4 is 10.5 Å². The summed E-state index contributed by atoms with van der Waals surface area (Å²) in [5.74, 6) is 0.492. The van der Waals surface area contributed by atoms with Crippen LogP contribution in [-0.4, -0.2) is 22.3 Å². The first-order valence-corrected chi connectivity index (χ1v) is 6.48. The van der Waals surface area contributed by atoms with Gasteiger partial charge in [0, 0.05) is 17.4 Å². The molecule has 96 valence electrons. The number of thiazole rings is 1. The second-order valence-corrected chi connectivity index (χ2v) is 5.35. The van der Waals surface area contributed by atoms with Crippen LogP contribution in [-0.2, 0) is 6.42 Å². The van der Waals surface area contributed by atoms with Gasteiger partial charge in [0.1, 0.15) is 0 Å². The van der Waals surface area contributed by atoms with Crippen molar-refractivity contribution < 1.29 is 4.74 Å². The maximum Gasteiger partial charge on any atom is 0.233 e. The fourth-order valence-electron chi connectivity index (χ4n) is 1.56. The maximum absolute atomic E-state index is 6.10. The predicted molar refractivity (Wildman–Crippen MR) is 70.8 cm³/mol. The average Bonchev–Trinajstić information content (AvgIpc) is 2.68. The summed E-state index contributed by atoms with van der Waals surface area (Å²) in [7, 11) is 1.56. The van der Waals surface area contributed by atoms with E-state index in [1.165, 1.54) is 4.88 Å². The zero-order valence-electron chi connectivity index (χ0n) is 10.7. The van der Waals surface area contributed by atoms with E-state index in [9.17, 15) is 0 Å². The van der Waals surface area contributed by atoms with Gasteiger partial charge in [-0.15, -0.1) is 16.4 Å². The van der Waals surface area contributed by atoms with E-state index in [4.69, 9.17) is 10.5 Å². The standard InChI is InChI=1S/C12H16N4OS/c1-7-8(2)18-12(14-7)6-9(13)10-4-5-11(17-3)16-15-10/h4-5,9H,6,13H2,1-3H3. The highest BCUT2D eigenvalue weighted by Gasteiger charge is 2.13. The first kappa shape index (κ1) is 12.9. The highest BCUT2D eigenvalue weighted by Crippen LogP contribution is 2.21. The normalized spacial score (nSPS) is 12.4. The molecule has 0 spiro atoms. The summed E-state index contributed by atoms with van der Waals surface area (Å²) in [6.07, 6.45) is 0.681. The van der Waals surface area contributed by atoms with Gasteiger partial charge in [-0.25, -0.2) is 4.98 Å². The molecule has 0 aliphatic heterocycles. The summed E-state index contributed by atoms with van der Waals surface area (Å²) in [6, 6.07) is 3.41. The minimum atomic E-state index is -0.187. The topological polar surface area (TPSA) is 73.9 Å². The fourth-order valence-corrected chi connectivity index (χ4v) is 2.55. The Morgan fingerprint density at radius 3 is 2.61 bits per heavy atom. The lowest BCUT2D eigenvalue weighted by molar-refractivity contribution is 0.390. The lowest BCUT2D eigenvalue weighted by Gasteiger charge is -2.08. The first-order valence-electron chi connectivity index (χ1n) is 5.66. The van der Waals surface area contributed by atoms with Crippen LogP contribution in [0.2, 0.25) is 0 Å². The molecule has 2 aromatic heterocycles. The Bertz CT molecular complexity index is 504. The summed E-state index contributed by atoms with van der Waals surface area (Å²) in [4.78, 5) is 5.71. The zero-order chi connectivity index (χ0) is 13.1. The Kier molecular flexibility index (Phi) is 3.88. The second-order valence-electron chi connectivity index (χ2n) is 4.06. The SMILES string of the molecule is COc1ccc(C(N)Cc2nc(C)c(C)s2)nn1. The molecule has 2 heterocycles. The van der Waals surface area contributed by atoms with Crippen LogP contribution in [0.3, 0.4) is 0 Å². The van der Waals surface area contributed by atoms with E-state index in [2.05, 4.69) is 22.1 Å². The molecular weight excluding hydrogens is 248 g/mol. The number of aromatic nitrogens is 3. The van der Waals surface area contributed by atoms with Crippen LogP contribution in [0.25, 0.3) is 0 Å². The molecule has 6 heteroatoms. The number of rotatable bonds is 4. The minimum Gasteiger partial charge on any atom is -0.480 e. The molecule has 0 fully saturated rings. The van der Waals surface area contributed by atoms with E-state index in [1.807, 2.05) is 13.0 Å². The van der Waals surface area contributed by atoms with Crippen LogP contribution in [0.4, 0.5) is 0 Å². The van der Waals surface area contributed by atoms with E-state index in [0.717, 1.165) is 16.4 Å². The zero-order valence-corrected chi connectivity index (χ0v) is 11.5. The number of aryl methyl sites for hydroxylation is 2. The van der Waals surface area contributed by atoms with Crippen molar-refractivity contribution in [2.24, 2.45) is 5.73 Å². The van der Waals surface area contributed by atoms with E-state index < -0.39 is 0 Å². The van der Waals surface area contributed by atoms with Crippen molar-refractivity contribution in [2.75, 3.05) is 7.11 Å². The van der Waals surface area contributed by atoms with Gasteiger partial charge in [0.25, 0.3) is 0 Å². The van der Waals surface area contributed by atoms with Gasteiger partial charge in [-0.3, -0.25) is 0 Å². The number of nitrogens with two attached hydrogens (primary N) is 1. The third-order valence-corrected chi connectivity index (χ3v) is 3.81. The monoisotopic (exact) mass is 264 g/mol. The third-order valence-electron chi connectivity index (χ3n) is 2.72. The molecule has 5 nitrogen and oxygen atoms in total. The van der Waals surface area contributed by atoms with Crippen molar-refractivity contribution >= 4 is 11.3 Å². The quantitative estimate of drug-likeness (QED) is 0.911. The number of nitrogens with zero attached hydrogens (tertiary/aromatic N) is 3. The van der Waals surface area contributed by atoms with Gasteiger partial charge < -0.3 is 10.5 Å². The highest BCUT2D eigenvalue weighted by atomic mass is 32.1. The largest absolute Gasteiger partial charge is 0.480 e. The highest BCUT2D eigenvalue weighted by molar-refractivity contribution is 7.11. The van der Waals surface area contributed by atoms with Gasteiger partial charge in [-0.05, 0) is 19.9 Å². The van der Waals surface area contributed by atoms with Crippen LogP contribution >= 0.6 is 11.3 Å². The Balaban J connectivity index is 2.08. The molecule has 2 rings (SSSR count). The van der Waals surface area contributed by atoms with Gasteiger partial charge in [-0.2, -0.15) is 5.10 Å². The molecule has 1 unspecified atom stereocenters. The molecular formula is C12H16N4OS. The molecule has 18 heavy (non-hydrogen) atoms. The van der Waals surface area contributed by atoms with E-state index in [-0.39, 0.29) is 6.04 Å². The van der Waals surface area contributed by atoms with Gasteiger partial charge in [0.15, 0.2) is 0 Å². The molecule has 2 aromatic rings. The van der Waals surface area contributed by atoms with Crippen LogP contribution in [0.1, 0.15) is 27.3 Å². The van der Waals surface area contributed by atoms with E-state index in [1.54, 1.807) is 24.5 Å². The molecule has 0 aliphatic rings. The molecule has 0 aromatic carbocycles. The molecule has 0 saturated carbocycles. The fraction of sp³-hybridized carbons (Fsp3) is 0.417. The summed E-state index contributed by atoms with van der Waals surface area (Å²) in [5, 5.41) is 9.00. The smallest absolute Gasteiger partial charge is 0.233 e. The molecule has 0 amide bonds. The predicted octanol–water partition coefficient (Wildman–Crippen LogP) is 1.80. The number of hydrogen-bond acceptors (Lipinski definition) is 6. The lowest BCUT2D eigenvalue weighted by atomic mass is 10.1. The van der Waals surface area contributed by atoms with Gasteiger partial charge in [-0.1, -0.05) is 0 Å². The van der Waals surface area contributed by atoms with Gasteiger partial charge in [0.05, 0.1) is 29.5 Å². The van der Waals surface area contributed by atoms with Crippen LogP contribution in [0, 0.1) is 13.8 Å². The van der Waals surface area contributed by atoms with Crippen molar-refractivity contribution in [1.82, 2.24) is 15.2 Å². The van der Waals surface area contributed by atoms with Crippen molar-refractivity contribution in [1.29, 1.82) is 0 Å². The molecule has 0 radical (unpaired) electrons. The van der Waals surface area contributed by atoms with Gasteiger partial charge >= 0.3 is 0 Å². The number of hydrogen-bond donors (Lipinski definition) is 1. The average molecular weight is 264 g/mol. The third kappa shape index (κ3) is 2.83. The summed E-state index contributed by atoms with van der Waals surface area (Å²) in [6.45, 7) is 4.07. The number of ether oxygens (including phenoxy) is 1. The summed E-state index contributed by atoms with van der Waals surface area (Å²) in [5.41, 5.74) is 7.92. The Morgan fingerprint density at radius 1 is 1.33 bits per heavy atom. The van der Waals surface area contributed by atoms with Crippen LogP contribution in [0.15, 0.2) is 12.1 Å². The van der Waals surface area contributed by atoms with E-state index in [0.29, 0.717) is 12.3 Å². The lowest BCUT2D eigenvalue weighted by Crippen LogP contribution is -2.15. The van der Waals surface area contributed by atoms with Crippen LogP contribution in [0.5, 0.6) is 5.88 Å². The Hall–Kier alpha value is -1.53. The minimum absolute atomic E-state index is 0.187. The second kappa shape index (κ2) is 5.41. The first-order chi connectivity index (χ1) is 8.60. The van der Waals surface area contributed by atoms with Crippen molar-refractivity contribution in [3.05, 3.63) is 33.4 Å². The molecule has 0 saturated heterocycles. The molecule has 2 N–H and O–H groups in total. The van der Waals surface area contributed by atoms with Crippen molar-refractivity contribution in [2.45, 2.75) is 26.3 Å². The molecule has 1 atom stereocenters. The molecule has 0 bridgehead atoms. The number of methoxy groups -OCH3 is 1.